The first kappa shape index (κ1) is 15.6. The number of carbonyl (C=O) groups excluding carboxylic acids is 2. The summed E-state index contributed by atoms with van der Waals surface area (Å²) in [5.41, 5.74) is 0.499. The summed E-state index contributed by atoms with van der Waals surface area (Å²) < 4.78 is 5.68. The summed E-state index contributed by atoms with van der Waals surface area (Å²) in [5.74, 6) is 0.145. The Kier molecular flexibility index (Phi) is 4.28. The van der Waals surface area contributed by atoms with Crippen LogP contribution in [0, 0.1) is 5.92 Å². The molecule has 2 atom stereocenters. The van der Waals surface area contributed by atoms with Crippen LogP contribution in [0.3, 0.4) is 0 Å². The lowest BCUT2D eigenvalue weighted by atomic mass is 9.78. The van der Waals surface area contributed by atoms with Gasteiger partial charge in [0.05, 0.1) is 5.57 Å². The Labute approximate surface area is 132 Å². The zero-order valence-corrected chi connectivity index (χ0v) is 13.7. The summed E-state index contributed by atoms with van der Waals surface area (Å²) >= 11 is 0. The summed E-state index contributed by atoms with van der Waals surface area (Å²) in [7, 11) is 0. The standard InChI is InChI=1S/C18H27NO3/c1-12-8-4-5-9-14(12)19-16(20)15-13(2)17(21)22-18(15)10-6-3-7-11-18/h12,14H,3-11H2,1-2H3,(H,19,20)/t12-,14+/m0/s1. The van der Waals surface area contributed by atoms with Gasteiger partial charge in [-0.25, -0.2) is 4.79 Å². The number of hydrogen-bond acceptors (Lipinski definition) is 3. The van der Waals surface area contributed by atoms with Crippen molar-refractivity contribution < 1.29 is 14.3 Å². The van der Waals surface area contributed by atoms with Crippen molar-refractivity contribution in [1.29, 1.82) is 0 Å². The summed E-state index contributed by atoms with van der Waals surface area (Å²) in [6, 6.07) is 0.234. The van der Waals surface area contributed by atoms with E-state index in [4.69, 9.17) is 4.74 Å². The van der Waals surface area contributed by atoms with Crippen LogP contribution in [0.2, 0.25) is 0 Å². The first-order valence-corrected chi connectivity index (χ1v) is 8.79. The van der Waals surface area contributed by atoms with Crippen molar-refractivity contribution in [2.45, 2.75) is 83.3 Å². The topological polar surface area (TPSA) is 55.4 Å². The van der Waals surface area contributed by atoms with E-state index in [1.54, 1.807) is 6.92 Å². The summed E-state index contributed by atoms with van der Waals surface area (Å²) in [5, 5.41) is 3.20. The molecular formula is C18H27NO3. The fraction of sp³-hybridized carbons (Fsp3) is 0.778. The number of ether oxygens (including phenoxy) is 1. The molecule has 2 aliphatic carbocycles. The Morgan fingerprint density at radius 1 is 1.14 bits per heavy atom. The minimum atomic E-state index is -0.637. The van der Waals surface area contributed by atoms with E-state index >= 15 is 0 Å². The first-order valence-electron chi connectivity index (χ1n) is 8.79. The zero-order chi connectivity index (χ0) is 15.7. The monoisotopic (exact) mass is 305 g/mol. The Bertz CT molecular complexity index is 502. The van der Waals surface area contributed by atoms with Crippen molar-refractivity contribution in [2.24, 2.45) is 5.92 Å². The molecule has 4 heteroatoms. The van der Waals surface area contributed by atoms with Crippen LogP contribution in [0.25, 0.3) is 0 Å². The highest BCUT2D eigenvalue weighted by Crippen LogP contribution is 2.44. The van der Waals surface area contributed by atoms with Gasteiger partial charge in [-0.3, -0.25) is 4.79 Å². The number of nitrogens with one attached hydrogen (secondary N) is 1. The van der Waals surface area contributed by atoms with Gasteiger partial charge in [-0.05, 0) is 51.4 Å². The molecule has 3 rings (SSSR count). The highest BCUT2D eigenvalue weighted by Gasteiger charge is 2.49. The Balaban J connectivity index is 1.80. The number of hydrogen-bond donors (Lipinski definition) is 1. The summed E-state index contributed by atoms with van der Waals surface area (Å²) in [4.78, 5) is 24.9. The van der Waals surface area contributed by atoms with Crippen molar-refractivity contribution in [3.05, 3.63) is 11.1 Å². The number of amides is 1. The highest BCUT2D eigenvalue weighted by atomic mass is 16.6. The lowest BCUT2D eigenvalue weighted by molar-refractivity contribution is -0.149. The fourth-order valence-electron chi connectivity index (χ4n) is 4.37. The van der Waals surface area contributed by atoms with Crippen LogP contribution < -0.4 is 5.32 Å². The minimum Gasteiger partial charge on any atom is -0.451 e. The Morgan fingerprint density at radius 2 is 1.82 bits per heavy atom. The molecule has 0 aromatic heterocycles. The average molecular weight is 305 g/mol. The molecule has 1 amide bonds. The molecule has 0 bridgehead atoms. The molecule has 3 aliphatic rings. The molecule has 22 heavy (non-hydrogen) atoms. The smallest absolute Gasteiger partial charge is 0.335 e. The minimum absolute atomic E-state index is 0.0657. The number of carbonyl (C=O) groups is 2. The van der Waals surface area contributed by atoms with Crippen molar-refractivity contribution in [1.82, 2.24) is 5.32 Å². The van der Waals surface area contributed by atoms with Gasteiger partial charge in [-0.2, -0.15) is 0 Å². The van der Waals surface area contributed by atoms with Crippen LogP contribution in [-0.2, 0) is 14.3 Å². The van der Waals surface area contributed by atoms with E-state index in [1.807, 2.05) is 0 Å². The highest BCUT2D eigenvalue weighted by molar-refractivity contribution is 6.07. The number of esters is 1. The number of rotatable bonds is 2. The molecule has 1 aliphatic heterocycles. The largest absolute Gasteiger partial charge is 0.451 e. The molecule has 0 unspecified atom stereocenters. The molecule has 1 spiro atoms. The van der Waals surface area contributed by atoms with Crippen LogP contribution in [0.4, 0.5) is 0 Å². The summed E-state index contributed by atoms with van der Waals surface area (Å²) in [6.45, 7) is 3.95. The summed E-state index contributed by atoms with van der Waals surface area (Å²) in [6.07, 6.45) is 9.43. The molecule has 4 nitrogen and oxygen atoms in total. The average Bonchev–Trinajstić information content (AvgIpc) is 2.73. The van der Waals surface area contributed by atoms with Crippen LogP contribution >= 0.6 is 0 Å². The maximum atomic E-state index is 12.9. The van der Waals surface area contributed by atoms with Crippen molar-refractivity contribution in [3.8, 4) is 0 Å². The maximum Gasteiger partial charge on any atom is 0.335 e. The lowest BCUT2D eigenvalue weighted by Crippen LogP contribution is -2.46. The third kappa shape index (κ3) is 2.68. The van der Waals surface area contributed by atoms with E-state index in [9.17, 15) is 9.59 Å². The van der Waals surface area contributed by atoms with Crippen molar-refractivity contribution in [3.63, 3.8) is 0 Å². The molecule has 0 aromatic rings. The van der Waals surface area contributed by atoms with Gasteiger partial charge >= 0.3 is 5.97 Å². The van der Waals surface area contributed by atoms with Crippen LogP contribution in [0.5, 0.6) is 0 Å². The van der Waals surface area contributed by atoms with Gasteiger partial charge in [0.1, 0.15) is 5.60 Å². The van der Waals surface area contributed by atoms with Gasteiger partial charge in [0.25, 0.3) is 5.91 Å². The van der Waals surface area contributed by atoms with Crippen LogP contribution in [-0.4, -0.2) is 23.5 Å². The Hall–Kier alpha value is -1.32. The van der Waals surface area contributed by atoms with E-state index < -0.39 is 5.60 Å². The predicted octanol–water partition coefficient (Wildman–Crippen LogP) is 3.26. The van der Waals surface area contributed by atoms with Crippen molar-refractivity contribution >= 4 is 11.9 Å². The predicted molar refractivity (Wildman–Crippen MR) is 84.2 cm³/mol. The molecular weight excluding hydrogens is 278 g/mol. The van der Waals surface area contributed by atoms with Gasteiger partial charge < -0.3 is 10.1 Å². The molecule has 0 aromatic carbocycles. The third-order valence-corrected chi connectivity index (χ3v) is 5.74. The normalized spacial score (nSPS) is 31.3. The fourth-order valence-corrected chi connectivity index (χ4v) is 4.37. The molecule has 2 saturated carbocycles. The van der Waals surface area contributed by atoms with E-state index in [0.29, 0.717) is 17.1 Å². The van der Waals surface area contributed by atoms with E-state index in [0.717, 1.165) is 38.5 Å². The van der Waals surface area contributed by atoms with Gasteiger partial charge in [0.15, 0.2) is 0 Å². The van der Waals surface area contributed by atoms with Gasteiger partial charge in [0.2, 0.25) is 0 Å². The van der Waals surface area contributed by atoms with Gasteiger partial charge in [-0.1, -0.05) is 26.2 Å². The molecule has 122 valence electrons. The van der Waals surface area contributed by atoms with Crippen LogP contribution in [0.15, 0.2) is 11.1 Å². The van der Waals surface area contributed by atoms with Gasteiger partial charge in [0, 0.05) is 11.6 Å². The quantitative estimate of drug-likeness (QED) is 0.797. The lowest BCUT2D eigenvalue weighted by Gasteiger charge is -2.35. The van der Waals surface area contributed by atoms with Crippen LogP contribution in [0.1, 0.15) is 71.6 Å². The van der Waals surface area contributed by atoms with Crippen molar-refractivity contribution in [2.75, 3.05) is 0 Å². The van der Waals surface area contributed by atoms with Gasteiger partial charge in [-0.15, -0.1) is 0 Å². The molecule has 0 radical (unpaired) electrons. The molecule has 1 N–H and O–H groups in total. The molecule has 0 saturated heterocycles. The second kappa shape index (κ2) is 6.05. The van der Waals surface area contributed by atoms with E-state index in [1.165, 1.54) is 19.3 Å². The zero-order valence-electron chi connectivity index (χ0n) is 13.7. The second-order valence-corrected chi connectivity index (χ2v) is 7.29. The third-order valence-electron chi connectivity index (χ3n) is 5.74. The first-order chi connectivity index (χ1) is 10.5. The second-order valence-electron chi connectivity index (χ2n) is 7.29. The SMILES string of the molecule is CC1=C(C(=O)N[C@@H]2CCCC[C@@H]2C)C2(CCCCC2)OC1=O. The Morgan fingerprint density at radius 3 is 2.50 bits per heavy atom. The van der Waals surface area contributed by atoms with E-state index in [-0.39, 0.29) is 17.9 Å². The molecule has 1 heterocycles. The molecule has 2 fully saturated rings. The van der Waals surface area contributed by atoms with E-state index in [2.05, 4.69) is 12.2 Å². The maximum absolute atomic E-state index is 12.9.